The topological polar surface area (TPSA) is 35.6 Å². The molecule has 1 saturated heterocycles. The molecule has 2 rings (SSSR count). The highest BCUT2D eigenvalue weighted by Crippen LogP contribution is 2.33. The molecule has 1 aliphatic heterocycles. The molecule has 1 heterocycles. The highest BCUT2D eigenvalue weighted by molar-refractivity contribution is 8.00. The first kappa shape index (κ1) is 20.7. The first-order valence-electron chi connectivity index (χ1n) is 8.90. The van der Waals surface area contributed by atoms with Gasteiger partial charge in [-0.05, 0) is 44.1 Å². The van der Waals surface area contributed by atoms with Crippen molar-refractivity contribution in [2.45, 2.75) is 36.8 Å². The number of carbonyl (C=O) groups is 1. The van der Waals surface area contributed by atoms with E-state index in [4.69, 9.17) is 23.2 Å². The fourth-order valence-electron chi connectivity index (χ4n) is 2.89. The molecule has 25 heavy (non-hydrogen) atoms. The van der Waals surface area contributed by atoms with Crippen molar-refractivity contribution in [1.29, 1.82) is 0 Å². The average Bonchev–Trinajstić information content (AvgIpc) is 2.62. The summed E-state index contributed by atoms with van der Waals surface area (Å²) < 4.78 is 0. The number of nitrogens with zero attached hydrogens (tertiary/aromatic N) is 2. The molecule has 0 radical (unpaired) electrons. The number of carbonyl (C=O) groups excluding carboxylic acids is 1. The number of piperidine rings is 1. The van der Waals surface area contributed by atoms with Gasteiger partial charge in [-0.3, -0.25) is 0 Å². The number of rotatable bonds is 7. The fraction of sp³-hybridized carbons (Fsp3) is 0.611. The van der Waals surface area contributed by atoms with Gasteiger partial charge in [0.2, 0.25) is 0 Å². The molecule has 140 valence electrons. The van der Waals surface area contributed by atoms with Gasteiger partial charge in [-0.2, -0.15) is 0 Å². The zero-order valence-electron chi connectivity index (χ0n) is 14.9. The highest BCUT2D eigenvalue weighted by atomic mass is 35.5. The molecule has 0 bridgehead atoms. The van der Waals surface area contributed by atoms with E-state index in [0.717, 1.165) is 50.5 Å². The highest BCUT2D eigenvalue weighted by Gasteiger charge is 2.23. The molecule has 4 nitrogen and oxygen atoms in total. The molecule has 7 heteroatoms. The van der Waals surface area contributed by atoms with Crippen LogP contribution in [0, 0.1) is 0 Å². The monoisotopic (exact) mass is 403 g/mol. The number of halogens is 2. The van der Waals surface area contributed by atoms with Gasteiger partial charge in [-0.1, -0.05) is 37.0 Å². The minimum atomic E-state index is 0.0603. The fourth-order valence-corrected chi connectivity index (χ4v) is 4.42. The number of hydrogen-bond acceptors (Lipinski definition) is 3. The zero-order valence-corrected chi connectivity index (χ0v) is 17.3. The number of likely N-dealkylation sites (tertiary alicyclic amines) is 1. The van der Waals surface area contributed by atoms with E-state index < -0.39 is 0 Å². The summed E-state index contributed by atoms with van der Waals surface area (Å²) in [5.41, 5.74) is 0. The number of urea groups is 1. The third-order valence-electron chi connectivity index (χ3n) is 4.52. The molecular weight excluding hydrogens is 377 g/mol. The Labute approximate surface area is 165 Å². The van der Waals surface area contributed by atoms with Gasteiger partial charge in [0.25, 0.3) is 0 Å². The van der Waals surface area contributed by atoms with Crippen LogP contribution in [-0.2, 0) is 0 Å². The van der Waals surface area contributed by atoms with Gasteiger partial charge in [0, 0.05) is 36.3 Å². The number of likely N-dealkylation sites (N-methyl/N-ethyl adjacent to an activating group) is 1. The maximum Gasteiger partial charge on any atom is 0.317 e. The largest absolute Gasteiger partial charge is 0.337 e. The molecule has 1 aromatic rings. The second kappa shape index (κ2) is 10.5. The van der Waals surface area contributed by atoms with Gasteiger partial charge in [-0.25, -0.2) is 4.79 Å². The lowest BCUT2D eigenvalue weighted by atomic mass is 10.1. The summed E-state index contributed by atoms with van der Waals surface area (Å²) in [7, 11) is 0. The van der Waals surface area contributed by atoms with Crippen molar-refractivity contribution in [1.82, 2.24) is 15.1 Å². The summed E-state index contributed by atoms with van der Waals surface area (Å²) >= 11 is 13.9. The Morgan fingerprint density at radius 3 is 2.52 bits per heavy atom. The van der Waals surface area contributed by atoms with Crippen LogP contribution in [0.2, 0.25) is 10.0 Å². The van der Waals surface area contributed by atoms with Crippen LogP contribution in [0.25, 0.3) is 0 Å². The smallest absolute Gasteiger partial charge is 0.317 e. The minimum absolute atomic E-state index is 0.0603. The van der Waals surface area contributed by atoms with Gasteiger partial charge in [-0.15, -0.1) is 11.8 Å². The van der Waals surface area contributed by atoms with Crippen LogP contribution in [-0.4, -0.2) is 60.3 Å². The van der Waals surface area contributed by atoms with Crippen LogP contribution in [0.1, 0.15) is 26.7 Å². The third-order valence-corrected chi connectivity index (χ3v) is 6.59. The van der Waals surface area contributed by atoms with Gasteiger partial charge in [0.15, 0.2) is 0 Å². The van der Waals surface area contributed by atoms with Gasteiger partial charge in [0.1, 0.15) is 0 Å². The van der Waals surface area contributed by atoms with Crippen LogP contribution >= 0.6 is 35.0 Å². The molecule has 0 atom stereocenters. The number of hydrogen-bond donors (Lipinski definition) is 1. The Bertz CT molecular complexity index is 561. The Balaban J connectivity index is 1.71. The molecule has 1 fully saturated rings. The summed E-state index contributed by atoms with van der Waals surface area (Å²) in [5.74, 6) is 0. The normalized spacial score (nSPS) is 15.6. The number of thioether (sulfide) groups is 1. The lowest BCUT2D eigenvalue weighted by molar-refractivity contribution is 0.185. The van der Waals surface area contributed by atoms with Gasteiger partial charge in [0.05, 0.1) is 10.0 Å². The van der Waals surface area contributed by atoms with Crippen molar-refractivity contribution < 1.29 is 4.79 Å². The van der Waals surface area contributed by atoms with E-state index in [0.29, 0.717) is 21.8 Å². The van der Waals surface area contributed by atoms with E-state index in [1.807, 2.05) is 34.9 Å². The van der Waals surface area contributed by atoms with E-state index in [9.17, 15) is 4.79 Å². The van der Waals surface area contributed by atoms with Crippen LogP contribution in [0.3, 0.4) is 0 Å². The lowest BCUT2D eigenvalue weighted by Crippen LogP contribution is -2.46. The summed E-state index contributed by atoms with van der Waals surface area (Å²) in [5, 5.41) is 4.73. The standard InChI is InChI=1S/C18H27Cl2N3OS/c1-3-22(4-2)12-9-21-18(24)23-10-7-14(8-11-23)25-15-5-6-16(19)17(20)13-15/h5-6,13-14H,3-4,7-12H2,1-2H3,(H,21,24). The quantitative estimate of drug-likeness (QED) is 0.722. The first-order chi connectivity index (χ1) is 12.0. The van der Waals surface area contributed by atoms with E-state index >= 15 is 0 Å². The Hall–Kier alpha value is -0.620. The molecule has 0 aliphatic carbocycles. The predicted octanol–water partition coefficient (Wildman–Crippen LogP) is 4.60. The molecule has 0 spiro atoms. The van der Waals surface area contributed by atoms with E-state index in [2.05, 4.69) is 24.1 Å². The maximum absolute atomic E-state index is 12.3. The van der Waals surface area contributed by atoms with E-state index in [1.54, 1.807) is 0 Å². The van der Waals surface area contributed by atoms with Crippen molar-refractivity contribution in [3.8, 4) is 0 Å². The second-order valence-electron chi connectivity index (χ2n) is 6.14. The van der Waals surface area contributed by atoms with Crippen molar-refractivity contribution in [2.24, 2.45) is 0 Å². The number of amides is 2. The van der Waals surface area contributed by atoms with Crippen LogP contribution in [0.5, 0.6) is 0 Å². The number of benzene rings is 1. The molecule has 1 N–H and O–H groups in total. The molecule has 0 unspecified atom stereocenters. The summed E-state index contributed by atoms with van der Waals surface area (Å²) in [4.78, 5) is 17.6. The summed E-state index contributed by atoms with van der Waals surface area (Å²) in [6.07, 6.45) is 1.99. The zero-order chi connectivity index (χ0) is 18.2. The maximum atomic E-state index is 12.3. The summed E-state index contributed by atoms with van der Waals surface area (Å²) in [6.45, 7) is 9.53. The van der Waals surface area contributed by atoms with Crippen LogP contribution in [0.15, 0.2) is 23.1 Å². The van der Waals surface area contributed by atoms with Crippen molar-refractivity contribution in [3.63, 3.8) is 0 Å². The Morgan fingerprint density at radius 2 is 1.92 bits per heavy atom. The van der Waals surface area contributed by atoms with Gasteiger partial charge < -0.3 is 15.1 Å². The molecule has 1 aromatic carbocycles. The Morgan fingerprint density at radius 1 is 1.24 bits per heavy atom. The molecular formula is C18H27Cl2N3OS. The average molecular weight is 404 g/mol. The van der Waals surface area contributed by atoms with Crippen LogP contribution < -0.4 is 5.32 Å². The van der Waals surface area contributed by atoms with E-state index in [-0.39, 0.29) is 6.03 Å². The molecule has 1 aliphatic rings. The second-order valence-corrected chi connectivity index (χ2v) is 8.33. The van der Waals surface area contributed by atoms with Crippen molar-refractivity contribution in [3.05, 3.63) is 28.2 Å². The van der Waals surface area contributed by atoms with Crippen molar-refractivity contribution >= 4 is 41.0 Å². The SMILES string of the molecule is CCN(CC)CCNC(=O)N1CCC(Sc2ccc(Cl)c(Cl)c2)CC1. The third kappa shape index (κ3) is 6.55. The lowest BCUT2D eigenvalue weighted by Gasteiger charge is -2.32. The Kier molecular flexibility index (Phi) is 8.70. The van der Waals surface area contributed by atoms with E-state index in [1.165, 1.54) is 0 Å². The summed E-state index contributed by atoms with van der Waals surface area (Å²) in [6, 6.07) is 5.82. The minimum Gasteiger partial charge on any atom is -0.337 e. The molecule has 0 aromatic heterocycles. The number of nitrogens with one attached hydrogen (secondary N) is 1. The molecule has 0 saturated carbocycles. The molecule has 2 amide bonds. The first-order valence-corrected chi connectivity index (χ1v) is 10.5. The van der Waals surface area contributed by atoms with Crippen molar-refractivity contribution in [2.75, 3.05) is 39.3 Å². The van der Waals surface area contributed by atoms with Gasteiger partial charge >= 0.3 is 6.03 Å². The predicted molar refractivity (Wildman–Crippen MR) is 108 cm³/mol. The van der Waals surface area contributed by atoms with Crippen LogP contribution in [0.4, 0.5) is 4.79 Å².